The van der Waals surface area contributed by atoms with Crippen LogP contribution in [0.2, 0.25) is 0 Å². The Labute approximate surface area is 124 Å². The quantitative estimate of drug-likeness (QED) is 0.840. The van der Waals surface area contributed by atoms with E-state index in [9.17, 15) is 9.18 Å². The van der Waals surface area contributed by atoms with E-state index in [4.69, 9.17) is 5.11 Å². The Morgan fingerprint density at radius 3 is 2.71 bits per heavy atom. The van der Waals surface area contributed by atoms with Crippen molar-refractivity contribution in [2.75, 3.05) is 11.9 Å². The molecule has 1 amide bonds. The van der Waals surface area contributed by atoms with Crippen molar-refractivity contribution in [3.63, 3.8) is 0 Å². The fraction of sp³-hybridized carbons (Fsp3) is 0.471. The highest BCUT2D eigenvalue weighted by Gasteiger charge is 2.39. The van der Waals surface area contributed by atoms with Gasteiger partial charge in [0.2, 0.25) is 5.91 Å². The maximum absolute atomic E-state index is 14.0. The molecule has 112 valence electrons. The summed E-state index contributed by atoms with van der Waals surface area (Å²) in [6, 6.07) is 4.42. The lowest BCUT2D eigenvalue weighted by molar-refractivity contribution is -0.125. The summed E-state index contributed by atoms with van der Waals surface area (Å²) >= 11 is 0. The number of hydrogen-bond donors (Lipinski definition) is 2. The molecule has 3 nitrogen and oxygen atoms in total. The van der Waals surface area contributed by atoms with Crippen LogP contribution in [0.25, 0.3) is 0 Å². The lowest BCUT2D eigenvalue weighted by atomic mass is 9.82. The molecule has 0 bridgehead atoms. The van der Waals surface area contributed by atoms with Gasteiger partial charge in [-0.05, 0) is 37.5 Å². The second-order valence-electron chi connectivity index (χ2n) is 5.45. The molecule has 0 unspecified atom stereocenters. The Balaban J connectivity index is 2.14. The second-order valence-corrected chi connectivity index (χ2v) is 5.45. The first-order chi connectivity index (χ1) is 10.1. The van der Waals surface area contributed by atoms with Gasteiger partial charge in [0, 0.05) is 11.0 Å². The van der Waals surface area contributed by atoms with E-state index >= 15 is 0 Å². The predicted molar refractivity (Wildman–Crippen MR) is 80.2 cm³/mol. The van der Waals surface area contributed by atoms with Crippen molar-refractivity contribution in [1.82, 2.24) is 0 Å². The third-order valence-electron chi connectivity index (χ3n) is 4.25. The van der Waals surface area contributed by atoms with E-state index in [1.54, 1.807) is 6.07 Å². The summed E-state index contributed by atoms with van der Waals surface area (Å²) in [6.07, 6.45) is 4.63. The lowest BCUT2D eigenvalue weighted by Crippen LogP contribution is -2.33. The molecular formula is C17H20FNO2. The van der Waals surface area contributed by atoms with Crippen LogP contribution in [0.1, 0.15) is 44.6 Å². The molecule has 0 heterocycles. The summed E-state index contributed by atoms with van der Waals surface area (Å²) in [5, 5.41) is 11.3. The molecule has 2 rings (SSSR count). The zero-order valence-corrected chi connectivity index (χ0v) is 12.2. The van der Waals surface area contributed by atoms with Gasteiger partial charge >= 0.3 is 0 Å². The highest BCUT2D eigenvalue weighted by Crippen LogP contribution is 2.41. The van der Waals surface area contributed by atoms with Crippen LogP contribution < -0.4 is 5.32 Å². The summed E-state index contributed by atoms with van der Waals surface area (Å²) in [7, 11) is 0. The maximum atomic E-state index is 14.0. The van der Waals surface area contributed by atoms with Crippen molar-refractivity contribution < 1.29 is 14.3 Å². The van der Waals surface area contributed by atoms with Crippen molar-refractivity contribution in [2.24, 2.45) is 5.41 Å². The number of nitrogens with one attached hydrogen (secondary N) is 1. The molecule has 1 aliphatic carbocycles. The minimum Gasteiger partial charge on any atom is -0.384 e. The molecule has 0 spiro atoms. The highest BCUT2D eigenvalue weighted by molar-refractivity contribution is 5.95. The molecule has 0 aromatic heterocycles. The third-order valence-corrected chi connectivity index (χ3v) is 4.25. The Hall–Kier alpha value is -1.86. The average Bonchev–Trinajstić information content (AvgIpc) is 2.97. The normalized spacial score (nSPS) is 16.1. The van der Waals surface area contributed by atoms with Gasteiger partial charge in [-0.15, -0.1) is 0 Å². The number of aliphatic hydroxyl groups is 1. The number of hydrogen-bond acceptors (Lipinski definition) is 2. The molecule has 1 saturated carbocycles. The van der Waals surface area contributed by atoms with Crippen LogP contribution in [0.15, 0.2) is 18.2 Å². The molecule has 0 aliphatic heterocycles. The molecular weight excluding hydrogens is 269 g/mol. The first kappa shape index (κ1) is 15.5. The van der Waals surface area contributed by atoms with E-state index in [-0.39, 0.29) is 23.6 Å². The van der Waals surface area contributed by atoms with Gasteiger partial charge < -0.3 is 10.4 Å². The number of amides is 1. The molecule has 0 radical (unpaired) electrons. The van der Waals surface area contributed by atoms with E-state index < -0.39 is 5.82 Å². The van der Waals surface area contributed by atoms with Crippen LogP contribution in [-0.4, -0.2) is 17.6 Å². The van der Waals surface area contributed by atoms with Crippen LogP contribution in [0.4, 0.5) is 10.1 Å². The summed E-state index contributed by atoms with van der Waals surface area (Å²) in [5.74, 6) is 4.51. The Bertz CT molecular complexity index is 580. The Morgan fingerprint density at radius 2 is 2.14 bits per heavy atom. The average molecular weight is 289 g/mol. The van der Waals surface area contributed by atoms with Gasteiger partial charge in [0.15, 0.2) is 0 Å². The summed E-state index contributed by atoms with van der Waals surface area (Å²) in [5.41, 5.74) is 0.321. The molecule has 4 heteroatoms. The Kier molecular flexibility index (Phi) is 4.98. The van der Waals surface area contributed by atoms with E-state index in [0.29, 0.717) is 5.56 Å². The third kappa shape index (κ3) is 3.43. The number of benzene rings is 1. The van der Waals surface area contributed by atoms with E-state index in [1.807, 2.05) is 6.92 Å². The van der Waals surface area contributed by atoms with Gasteiger partial charge in [0.25, 0.3) is 0 Å². The first-order valence-electron chi connectivity index (χ1n) is 7.32. The van der Waals surface area contributed by atoms with Gasteiger partial charge in [0.1, 0.15) is 12.4 Å². The van der Waals surface area contributed by atoms with Gasteiger partial charge in [-0.2, -0.15) is 0 Å². The minimum atomic E-state index is -0.502. The molecule has 21 heavy (non-hydrogen) atoms. The number of carbonyl (C=O) groups excluding carboxylic acids is 1. The lowest BCUT2D eigenvalue weighted by Gasteiger charge is -2.26. The van der Waals surface area contributed by atoms with Crippen LogP contribution in [0.3, 0.4) is 0 Å². The van der Waals surface area contributed by atoms with Crippen molar-refractivity contribution in [3.05, 3.63) is 29.6 Å². The van der Waals surface area contributed by atoms with Crippen LogP contribution >= 0.6 is 0 Å². The molecule has 1 aromatic rings. The van der Waals surface area contributed by atoms with E-state index in [1.165, 1.54) is 12.1 Å². The zero-order chi connectivity index (χ0) is 15.3. The topological polar surface area (TPSA) is 49.3 Å². The number of rotatable bonds is 3. The molecule has 2 N–H and O–H groups in total. The van der Waals surface area contributed by atoms with Crippen molar-refractivity contribution >= 4 is 11.6 Å². The number of halogens is 1. The van der Waals surface area contributed by atoms with Gasteiger partial charge in [0.05, 0.1) is 5.69 Å². The fourth-order valence-electron chi connectivity index (χ4n) is 2.88. The van der Waals surface area contributed by atoms with Gasteiger partial charge in [-0.25, -0.2) is 4.39 Å². The van der Waals surface area contributed by atoms with Crippen LogP contribution in [0.5, 0.6) is 0 Å². The number of carbonyl (C=O) groups is 1. The maximum Gasteiger partial charge on any atom is 0.230 e. The van der Waals surface area contributed by atoms with Crippen molar-refractivity contribution in [2.45, 2.75) is 39.0 Å². The van der Waals surface area contributed by atoms with Crippen LogP contribution in [-0.2, 0) is 4.79 Å². The monoisotopic (exact) mass is 289 g/mol. The molecule has 0 atom stereocenters. The fourth-order valence-corrected chi connectivity index (χ4v) is 2.88. The largest absolute Gasteiger partial charge is 0.384 e. The van der Waals surface area contributed by atoms with Gasteiger partial charge in [-0.3, -0.25) is 4.79 Å². The summed E-state index contributed by atoms with van der Waals surface area (Å²) < 4.78 is 14.0. The SMILES string of the molecule is CCC1(C(=O)Nc2ccc(C#CCO)cc2F)CCCC1. The standard InChI is InChI=1S/C17H20FNO2/c1-2-17(9-3-4-10-17)16(21)19-15-8-7-13(6-5-11-20)12-14(15)18/h7-8,12,20H,2-4,9-11H2,1H3,(H,19,21). The van der Waals surface area contributed by atoms with E-state index in [0.717, 1.165) is 32.1 Å². The summed E-state index contributed by atoms with van der Waals surface area (Å²) in [6.45, 7) is 1.74. The predicted octanol–water partition coefficient (Wildman–Crippen LogP) is 3.08. The van der Waals surface area contributed by atoms with Gasteiger partial charge in [-0.1, -0.05) is 31.6 Å². The van der Waals surface area contributed by atoms with Crippen molar-refractivity contribution in [3.8, 4) is 11.8 Å². The van der Waals surface area contributed by atoms with Crippen molar-refractivity contribution in [1.29, 1.82) is 0 Å². The van der Waals surface area contributed by atoms with Crippen LogP contribution in [0, 0.1) is 23.1 Å². The molecule has 1 aromatic carbocycles. The molecule has 1 aliphatic rings. The Morgan fingerprint density at radius 1 is 1.43 bits per heavy atom. The number of anilines is 1. The first-order valence-corrected chi connectivity index (χ1v) is 7.32. The summed E-state index contributed by atoms with van der Waals surface area (Å²) in [4.78, 5) is 12.4. The van der Waals surface area contributed by atoms with E-state index in [2.05, 4.69) is 17.2 Å². The molecule has 1 fully saturated rings. The second kappa shape index (κ2) is 6.73. The smallest absolute Gasteiger partial charge is 0.230 e. The molecule has 0 saturated heterocycles. The zero-order valence-electron chi connectivity index (χ0n) is 12.2. The number of aliphatic hydroxyl groups excluding tert-OH is 1. The minimum absolute atomic E-state index is 0.0874. The highest BCUT2D eigenvalue weighted by atomic mass is 19.1.